The summed E-state index contributed by atoms with van der Waals surface area (Å²) >= 11 is 0. The van der Waals surface area contributed by atoms with E-state index in [0.29, 0.717) is 5.56 Å². The second-order valence-electron chi connectivity index (χ2n) is 11.1. The Morgan fingerprint density at radius 1 is 0.676 bits per heavy atom. The van der Waals surface area contributed by atoms with Gasteiger partial charge in [0.15, 0.2) is 5.78 Å². The van der Waals surface area contributed by atoms with Gasteiger partial charge in [0.2, 0.25) is 0 Å². The summed E-state index contributed by atoms with van der Waals surface area (Å²) in [4.78, 5) is 35.6. The molecule has 0 aromatic heterocycles. The zero-order valence-corrected chi connectivity index (χ0v) is 23.5. The Hall–Kier alpha value is -1.75. The molecule has 192 valence electrons. The summed E-state index contributed by atoms with van der Waals surface area (Å²) in [7, 11) is -0.827. The predicted octanol–water partition coefficient (Wildman–Crippen LogP) is 8.09. The second kappa shape index (κ2) is 16.8. The lowest BCUT2D eigenvalue weighted by Gasteiger charge is -2.14. The van der Waals surface area contributed by atoms with E-state index in [9.17, 15) is 14.4 Å². The first-order valence-corrected chi connectivity index (χ1v) is 17.2. The minimum absolute atomic E-state index is 0.400. The zero-order chi connectivity index (χ0) is 25.4. The molecule has 0 aliphatic rings. The molecule has 4 nitrogen and oxygen atoms in total. The fourth-order valence-corrected chi connectivity index (χ4v) is 5.67. The van der Waals surface area contributed by atoms with Crippen LogP contribution in [-0.2, 0) is 9.59 Å². The minimum atomic E-state index is -1.18. The number of hydrogen-bond acceptors (Lipinski definition) is 4. The van der Waals surface area contributed by atoms with Gasteiger partial charge in [-0.3, -0.25) is 14.4 Å². The SMILES string of the molecule is CC(=O)C(C(C)=O)C(=O)c1ccc(NCCCCCCCCCCCCCC[Si](C)(C)C)cc1. The quantitative estimate of drug-likeness (QED) is 0.0873. The topological polar surface area (TPSA) is 63.2 Å². The van der Waals surface area contributed by atoms with Gasteiger partial charge in [-0.25, -0.2) is 0 Å². The Bertz CT molecular complexity index is 723. The standard InChI is InChI=1S/C29H49NO3Si/c1-24(31)28(25(2)32)29(33)26-18-20-27(21-19-26)30-22-16-14-12-10-8-6-7-9-11-13-15-17-23-34(3,4)5/h18-21,28,30H,6-17,22-23H2,1-5H3. The van der Waals surface area contributed by atoms with Crippen molar-refractivity contribution in [2.45, 2.75) is 117 Å². The Kier molecular flexibility index (Phi) is 15.0. The van der Waals surface area contributed by atoms with Gasteiger partial charge >= 0.3 is 0 Å². The number of rotatable bonds is 20. The van der Waals surface area contributed by atoms with E-state index in [1.54, 1.807) is 12.1 Å². The van der Waals surface area contributed by atoms with Gasteiger partial charge in [-0.2, -0.15) is 0 Å². The summed E-state index contributed by atoms with van der Waals surface area (Å²) in [6.45, 7) is 10.9. The Morgan fingerprint density at radius 3 is 1.50 bits per heavy atom. The van der Waals surface area contributed by atoms with Crippen molar-refractivity contribution in [3.05, 3.63) is 29.8 Å². The first-order chi connectivity index (χ1) is 16.1. The van der Waals surface area contributed by atoms with Crippen LogP contribution in [0.1, 0.15) is 101 Å². The van der Waals surface area contributed by atoms with Crippen molar-refractivity contribution < 1.29 is 14.4 Å². The molecular weight excluding hydrogens is 438 g/mol. The summed E-state index contributed by atoms with van der Waals surface area (Å²) in [6.07, 6.45) is 16.3. The molecule has 0 heterocycles. The molecule has 1 aromatic rings. The Morgan fingerprint density at radius 2 is 1.09 bits per heavy atom. The molecule has 1 N–H and O–H groups in total. The average molecular weight is 488 g/mol. The van der Waals surface area contributed by atoms with Gasteiger partial charge < -0.3 is 5.32 Å². The highest BCUT2D eigenvalue weighted by molar-refractivity contribution is 6.76. The number of hydrogen-bond donors (Lipinski definition) is 1. The van der Waals surface area contributed by atoms with Crippen molar-refractivity contribution in [2.75, 3.05) is 11.9 Å². The molecule has 0 unspecified atom stereocenters. The Labute approximate surface area is 209 Å². The summed E-state index contributed by atoms with van der Waals surface area (Å²) in [5.41, 5.74) is 1.36. The monoisotopic (exact) mass is 487 g/mol. The number of carbonyl (C=O) groups is 3. The lowest BCUT2D eigenvalue weighted by atomic mass is 9.91. The molecule has 0 fully saturated rings. The lowest BCUT2D eigenvalue weighted by Crippen LogP contribution is -2.28. The molecule has 0 atom stereocenters. The molecule has 0 saturated carbocycles. The van der Waals surface area contributed by atoms with Gasteiger partial charge in [-0.1, -0.05) is 96.3 Å². The van der Waals surface area contributed by atoms with E-state index in [1.165, 1.54) is 90.5 Å². The van der Waals surface area contributed by atoms with Gasteiger partial charge in [0, 0.05) is 25.9 Å². The third-order valence-electron chi connectivity index (χ3n) is 6.43. The summed E-state index contributed by atoms with van der Waals surface area (Å²) in [6, 6.07) is 8.56. The summed E-state index contributed by atoms with van der Waals surface area (Å²) in [5.74, 6) is -2.39. The molecular formula is C29H49NO3Si. The molecule has 0 radical (unpaired) electrons. The molecule has 0 aliphatic heterocycles. The fraction of sp³-hybridized carbons (Fsp3) is 0.690. The summed E-state index contributed by atoms with van der Waals surface area (Å²) in [5, 5.41) is 3.39. The predicted molar refractivity (Wildman–Crippen MR) is 148 cm³/mol. The van der Waals surface area contributed by atoms with Crippen LogP contribution in [0.5, 0.6) is 0 Å². The van der Waals surface area contributed by atoms with Crippen LogP contribution in [0.25, 0.3) is 0 Å². The van der Waals surface area contributed by atoms with E-state index in [2.05, 4.69) is 25.0 Å². The molecule has 0 spiro atoms. The number of Topliss-reactive ketones (excluding diaryl/α,β-unsaturated/α-hetero) is 3. The number of benzene rings is 1. The highest BCUT2D eigenvalue weighted by Gasteiger charge is 2.28. The molecule has 34 heavy (non-hydrogen) atoms. The largest absolute Gasteiger partial charge is 0.385 e. The molecule has 0 aliphatic carbocycles. The second-order valence-corrected chi connectivity index (χ2v) is 16.7. The lowest BCUT2D eigenvalue weighted by molar-refractivity contribution is -0.128. The third-order valence-corrected chi connectivity index (χ3v) is 8.28. The molecule has 0 bridgehead atoms. The van der Waals surface area contributed by atoms with Crippen molar-refractivity contribution in [3.8, 4) is 0 Å². The number of unbranched alkanes of at least 4 members (excludes halogenated alkanes) is 11. The maximum atomic E-state index is 12.4. The van der Waals surface area contributed by atoms with Crippen molar-refractivity contribution >= 4 is 31.1 Å². The average Bonchev–Trinajstić information content (AvgIpc) is 2.75. The number of carbonyl (C=O) groups excluding carboxylic acids is 3. The third kappa shape index (κ3) is 13.8. The van der Waals surface area contributed by atoms with E-state index in [-0.39, 0.29) is 0 Å². The van der Waals surface area contributed by atoms with Crippen LogP contribution < -0.4 is 5.32 Å². The molecule has 0 saturated heterocycles. The first kappa shape index (κ1) is 30.3. The first-order valence-electron chi connectivity index (χ1n) is 13.5. The summed E-state index contributed by atoms with van der Waals surface area (Å²) < 4.78 is 0. The van der Waals surface area contributed by atoms with E-state index in [1.807, 2.05) is 12.1 Å². The maximum Gasteiger partial charge on any atom is 0.180 e. The van der Waals surface area contributed by atoms with Gasteiger partial charge in [0.25, 0.3) is 0 Å². The van der Waals surface area contributed by atoms with E-state index in [0.717, 1.165) is 18.7 Å². The number of nitrogens with one attached hydrogen (secondary N) is 1. The smallest absolute Gasteiger partial charge is 0.180 e. The van der Waals surface area contributed by atoms with Crippen molar-refractivity contribution in [1.29, 1.82) is 0 Å². The minimum Gasteiger partial charge on any atom is -0.385 e. The molecule has 1 aromatic carbocycles. The van der Waals surface area contributed by atoms with Crippen LogP contribution in [-0.4, -0.2) is 32.0 Å². The van der Waals surface area contributed by atoms with Crippen molar-refractivity contribution in [1.82, 2.24) is 0 Å². The highest BCUT2D eigenvalue weighted by Crippen LogP contribution is 2.17. The van der Waals surface area contributed by atoms with Gasteiger partial charge in [0.1, 0.15) is 17.5 Å². The van der Waals surface area contributed by atoms with Crippen molar-refractivity contribution in [3.63, 3.8) is 0 Å². The van der Waals surface area contributed by atoms with Crippen LogP contribution >= 0.6 is 0 Å². The van der Waals surface area contributed by atoms with Gasteiger partial charge in [-0.15, -0.1) is 0 Å². The van der Waals surface area contributed by atoms with Crippen LogP contribution in [0.4, 0.5) is 5.69 Å². The van der Waals surface area contributed by atoms with Gasteiger partial charge in [-0.05, 0) is 44.5 Å². The highest BCUT2D eigenvalue weighted by atomic mass is 28.3. The number of anilines is 1. The Balaban J connectivity index is 2.03. The van der Waals surface area contributed by atoms with E-state index in [4.69, 9.17) is 0 Å². The van der Waals surface area contributed by atoms with Crippen LogP contribution in [0.3, 0.4) is 0 Å². The number of ketones is 3. The van der Waals surface area contributed by atoms with Crippen LogP contribution in [0.15, 0.2) is 24.3 Å². The van der Waals surface area contributed by atoms with E-state index >= 15 is 0 Å². The normalized spacial score (nSPS) is 11.6. The fourth-order valence-electron chi connectivity index (χ4n) is 4.36. The molecule has 5 heteroatoms. The van der Waals surface area contributed by atoms with E-state index < -0.39 is 31.3 Å². The molecule has 0 amide bonds. The van der Waals surface area contributed by atoms with Crippen LogP contribution in [0, 0.1) is 5.92 Å². The van der Waals surface area contributed by atoms with Crippen LogP contribution in [0.2, 0.25) is 25.7 Å². The maximum absolute atomic E-state index is 12.4. The zero-order valence-electron chi connectivity index (χ0n) is 22.5. The van der Waals surface area contributed by atoms with Gasteiger partial charge in [0.05, 0.1) is 0 Å². The van der Waals surface area contributed by atoms with Crippen molar-refractivity contribution in [2.24, 2.45) is 5.92 Å². The molecule has 1 rings (SSSR count).